The highest BCUT2D eigenvalue weighted by Gasteiger charge is 2.15. The van der Waals surface area contributed by atoms with Crippen molar-refractivity contribution in [3.63, 3.8) is 0 Å². The van der Waals surface area contributed by atoms with Crippen LogP contribution in [0.4, 0.5) is 5.82 Å². The summed E-state index contributed by atoms with van der Waals surface area (Å²) in [4.78, 5) is 4.21. The van der Waals surface area contributed by atoms with Gasteiger partial charge in [-0.05, 0) is 42.5 Å². The molecule has 3 rings (SSSR count). The molecule has 1 aromatic heterocycles. The number of nitrogens with one attached hydrogen (secondary N) is 1. The van der Waals surface area contributed by atoms with Gasteiger partial charge >= 0.3 is 0 Å². The van der Waals surface area contributed by atoms with Crippen LogP contribution < -0.4 is 9.46 Å². The normalized spacial score (nSPS) is 11.2. The molecule has 0 aliphatic rings. The zero-order valence-corrected chi connectivity index (χ0v) is 16.8. The molecule has 0 saturated heterocycles. The Bertz CT molecular complexity index is 1060. The number of anilines is 1. The van der Waals surface area contributed by atoms with Crippen LogP contribution >= 0.6 is 23.2 Å². The summed E-state index contributed by atoms with van der Waals surface area (Å²) in [5.41, 5.74) is 1.41. The number of nitrogens with zero attached hydrogens (tertiary/aromatic N) is 1. The van der Waals surface area contributed by atoms with Crippen LogP contribution in [0.5, 0.6) is 5.75 Å². The van der Waals surface area contributed by atoms with Crippen molar-refractivity contribution in [3.8, 4) is 16.9 Å². The van der Waals surface area contributed by atoms with Crippen LogP contribution in [0.2, 0.25) is 10.0 Å². The Balaban J connectivity index is 1.76. The zero-order valence-electron chi connectivity index (χ0n) is 14.5. The highest BCUT2D eigenvalue weighted by atomic mass is 35.5. The summed E-state index contributed by atoms with van der Waals surface area (Å²) in [5, 5.41) is 9.58. The fourth-order valence-electron chi connectivity index (χ4n) is 2.42. The van der Waals surface area contributed by atoms with Gasteiger partial charge in [-0.2, -0.15) is 0 Å². The van der Waals surface area contributed by atoms with Gasteiger partial charge in [0.25, 0.3) is 10.0 Å². The Kier molecular flexibility index (Phi) is 6.41. The van der Waals surface area contributed by atoms with Gasteiger partial charge in [0, 0.05) is 17.3 Å². The predicted octanol–water partition coefficient (Wildman–Crippen LogP) is 4.23. The number of hydrogen-bond donors (Lipinski definition) is 2. The number of aliphatic hydroxyl groups excluding tert-OH is 1. The number of halogens is 2. The summed E-state index contributed by atoms with van der Waals surface area (Å²) in [6, 6.07) is 14.4. The summed E-state index contributed by atoms with van der Waals surface area (Å²) in [6.07, 6.45) is 1.52. The van der Waals surface area contributed by atoms with E-state index in [0.29, 0.717) is 26.9 Å². The number of aliphatic hydroxyl groups is 1. The van der Waals surface area contributed by atoms with Crippen molar-refractivity contribution >= 4 is 39.0 Å². The second-order valence-electron chi connectivity index (χ2n) is 5.68. The van der Waals surface area contributed by atoms with Crippen LogP contribution in [0, 0.1) is 0 Å². The minimum atomic E-state index is -3.81. The molecule has 0 amide bonds. The number of ether oxygens (including phenoxy) is 1. The standard InChI is InChI=1S/C19H16Cl2N2O4S/c20-17-3-1-2-16(19(17)21)13-4-9-18(22-12-13)23-28(25,26)15-7-5-14(6-8-15)27-11-10-24/h1-9,12,24H,10-11H2,(H,22,23). The van der Waals surface area contributed by atoms with Crippen molar-refractivity contribution in [3.05, 3.63) is 70.8 Å². The van der Waals surface area contributed by atoms with Gasteiger partial charge in [0.1, 0.15) is 18.2 Å². The topological polar surface area (TPSA) is 88.5 Å². The number of hydrogen-bond acceptors (Lipinski definition) is 5. The molecule has 6 nitrogen and oxygen atoms in total. The van der Waals surface area contributed by atoms with Crippen molar-refractivity contribution in [1.29, 1.82) is 0 Å². The van der Waals surface area contributed by atoms with Gasteiger partial charge in [-0.3, -0.25) is 4.72 Å². The predicted molar refractivity (Wildman–Crippen MR) is 110 cm³/mol. The van der Waals surface area contributed by atoms with E-state index in [-0.39, 0.29) is 23.9 Å². The Morgan fingerprint density at radius 2 is 1.79 bits per heavy atom. The van der Waals surface area contributed by atoms with Gasteiger partial charge < -0.3 is 9.84 Å². The van der Waals surface area contributed by atoms with E-state index in [1.165, 1.54) is 30.5 Å². The van der Waals surface area contributed by atoms with E-state index in [1.807, 2.05) is 0 Å². The summed E-state index contributed by atoms with van der Waals surface area (Å²) in [5.74, 6) is 0.636. The molecule has 0 spiro atoms. The summed E-state index contributed by atoms with van der Waals surface area (Å²) in [7, 11) is -3.81. The van der Waals surface area contributed by atoms with E-state index in [2.05, 4.69) is 9.71 Å². The molecule has 0 bridgehead atoms. The number of pyridine rings is 1. The molecule has 146 valence electrons. The number of rotatable bonds is 7. The average Bonchev–Trinajstić information content (AvgIpc) is 2.69. The fourth-order valence-corrected chi connectivity index (χ4v) is 3.83. The van der Waals surface area contributed by atoms with Crippen LogP contribution in [-0.2, 0) is 10.0 Å². The quantitative estimate of drug-likeness (QED) is 0.575. The molecular weight excluding hydrogens is 423 g/mol. The smallest absolute Gasteiger partial charge is 0.263 e. The van der Waals surface area contributed by atoms with E-state index >= 15 is 0 Å². The van der Waals surface area contributed by atoms with Crippen molar-refractivity contribution < 1.29 is 18.3 Å². The minimum Gasteiger partial charge on any atom is -0.491 e. The molecule has 28 heavy (non-hydrogen) atoms. The van der Waals surface area contributed by atoms with Crippen molar-refractivity contribution in [1.82, 2.24) is 4.98 Å². The van der Waals surface area contributed by atoms with Crippen LogP contribution in [0.3, 0.4) is 0 Å². The Hall–Kier alpha value is -2.32. The fraction of sp³-hybridized carbons (Fsp3) is 0.105. The van der Waals surface area contributed by atoms with Crippen molar-refractivity contribution in [2.24, 2.45) is 0 Å². The number of benzene rings is 2. The van der Waals surface area contributed by atoms with Gasteiger partial charge in [0.05, 0.1) is 21.5 Å². The van der Waals surface area contributed by atoms with Crippen LogP contribution in [0.1, 0.15) is 0 Å². The molecule has 0 aliphatic carbocycles. The Labute approximate surface area is 172 Å². The van der Waals surface area contributed by atoms with Crippen LogP contribution in [0.15, 0.2) is 65.7 Å². The lowest BCUT2D eigenvalue weighted by atomic mass is 10.1. The van der Waals surface area contributed by atoms with Gasteiger partial charge in [-0.15, -0.1) is 0 Å². The zero-order chi connectivity index (χ0) is 20.1. The monoisotopic (exact) mass is 438 g/mol. The maximum atomic E-state index is 12.5. The molecule has 0 aliphatic heterocycles. The molecule has 1 heterocycles. The number of aromatic nitrogens is 1. The van der Waals surface area contributed by atoms with Gasteiger partial charge in [0.15, 0.2) is 0 Å². The molecule has 2 aromatic carbocycles. The second kappa shape index (κ2) is 8.79. The first-order valence-corrected chi connectivity index (χ1v) is 10.4. The molecule has 9 heteroatoms. The molecule has 0 unspecified atom stereocenters. The molecule has 0 saturated carbocycles. The van der Waals surface area contributed by atoms with Gasteiger partial charge in [-0.25, -0.2) is 13.4 Å². The van der Waals surface area contributed by atoms with Crippen LogP contribution in [-0.4, -0.2) is 31.7 Å². The first kappa shape index (κ1) is 20.4. The molecule has 0 atom stereocenters. The highest BCUT2D eigenvalue weighted by Crippen LogP contribution is 2.33. The minimum absolute atomic E-state index is 0.0626. The lowest BCUT2D eigenvalue weighted by Gasteiger charge is -2.10. The van der Waals surface area contributed by atoms with E-state index in [0.717, 1.165) is 0 Å². The first-order valence-electron chi connectivity index (χ1n) is 8.18. The molecule has 0 fully saturated rings. The third-order valence-electron chi connectivity index (χ3n) is 3.76. The molecule has 2 N–H and O–H groups in total. The summed E-state index contributed by atoms with van der Waals surface area (Å²) in [6.45, 7) is 0.0148. The van der Waals surface area contributed by atoms with Gasteiger partial charge in [0.2, 0.25) is 0 Å². The Morgan fingerprint density at radius 1 is 1.04 bits per heavy atom. The lowest BCUT2D eigenvalue weighted by Crippen LogP contribution is -2.13. The maximum Gasteiger partial charge on any atom is 0.263 e. The highest BCUT2D eigenvalue weighted by molar-refractivity contribution is 7.92. The maximum absolute atomic E-state index is 12.5. The average molecular weight is 439 g/mol. The van der Waals surface area contributed by atoms with E-state index < -0.39 is 10.0 Å². The largest absolute Gasteiger partial charge is 0.491 e. The van der Waals surface area contributed by atoms with Crippen molar-refractivity contribution in [2.75, 3.05) is 17.9 Å². The summed E-state index contributed by atoms with van der Waals surface area (Å²) >= 11 is 12.2. The third-order valence-corrected chi connectivity index (χ3v) is 5.95. The third kappa shape index (κ3) is 4.74. The SMILES string of the molecule is O=S(=O)(Nc1ccc(-c2cccc(Cl)c2Cl)cn1)c1ccc(OCCO)cc1. The van der Waals surface area contributed by atoms with E-state index in [1.54, 1.807) is 30.3 Å². The Morgan fingerprint density at radius 3 is 2.43 bits per heavy atom. The first-order chi connectivity index (χ1) is 13.4. The van der Waals surface area contributed by atoms with Gasteiger partial charge in [-0.1, -0.05) is 35.3 Å². The molecule has 3 aromatic rings. The van der Waals surface area contributed by atoms with Crippen LogP contribution in [0.25, 0.3) is 11.1 Å². The molecule has 0 radical (unpaired) electrons. The van der Waals surface area contributed by atoms with Crippen molar-refractivity contribution in [2.45, 2.75) is 4.90 Å². The summed E-state index contributed by atoms with van der Waals surface area (Å²) < 4.78 is 32.7. The second-order valence-corrected chi connectivity index (χ2v) is 8.15. The van der Waals surface area contributed by atoms with E-state index in [9.17, 15) is 8.42 Å². The van der Waals surface area contributed by atoms with E-state index in [4.69, 9.17) is 33.0 Å². The number of sulfonamides is 1. The molecular formula is C19H16Cl2N2O4S. The lowest BCUT2D eigenvalue weighted by molar-refractivity contribution is 0.201.